The summed E-state index contributed by atoms with van der Waals surface area (Å²) in [5.41, 5.74) is 0.638. The second kappa shape index (κ2) is 8.75. The molecule has 1 aliphatic heterocycles. The van der Waals surface area contributed by atoms with Gasteiger partial charge in [0.15, 0.2) is 0 Å². The Morgan fingerprint density at radius 2 is 1.85 bits per heavy atom. The number of alkyl halides is 4. The molecule has 1 N–H and O–H groups in total. The van der Waals surface area contributed by atoms with Gasteiger partial charge in [-0.25, -0.2) is 0 Å². The van der Waals surface area contributed by atoms with Gasteiger partial charge in [0.1, 0.15) is 11.5 Å². The summed E-state index contributed by atoms with van der Waals surface area (Å²) in [7, 11) is 0. The fourth-order valence-electron chi connectivity index (χ4n) is 2.89. The zero-order valence-corrected chi connectivity index (χ0v) is 14.5. The minimum atomic E-state index is -4.53. The average molecular weight is 395 g/mol. The van der Waals surface area contributed by atoms with Crippen molar-refractivity contribution in [1.82, 2.24) is 10.2 Å². The van der Waals surface area contributed by atoms with Crippen LogP contribution in [0.25, 0.3) is 0 Å². The topological polar surface area (TPSA) is 37.6 Å². The molecule has 1 aliphatic rings. The van der Waals surface area contributed by atoms with Crippen LogP contribution in [0, 0.1) is 0 Å². The molecule has 4 nitrogen and oxygen atoms in total. The van der Waals surface area contributed by atoms with Gasteiger partial charge in [0, 0.05) is 26.2 Å². The third kappa shape index (κ3) is 4.69. The number of nitrogens with zero attached hydrogens (tertiary/aromatic N) is 1. The molecule has 9 heteroatoms. The predicted molar refractivity (Wildman–Crippen MR) is 90.3 cm³/mol. The van der Waals surface area contributed by atoms with Gasteiger partial charge in [-0.3, -0.25) is 4.90 Å². The molecular formula is C17H19ClF4N2O2. The Labute approximate surface area is 154 Å². The molecule has 26 heavy (non-hydrogen) atoms. The quantitative estimate of drug-likeness (QED) is 0.753. The molecule has 2 heterocycles. The fraction of sp³-hybridized carbons (Fsp3) is 0.412. The number of piperazine rings is 1. The van der Waals surface area contributed by atoms with Crippen LogP contribution in [0.1, 0.15) is 17.4 Å². The minimum Gasteiger partial charge on any atom is -0.467 e. The number of nitrogens with one attached hydrogen (secondary N) is 1. The van der Waals surface area contributed by atoms with E-state index in [0.29, 0.717) is 11.3 Å². The van der Waals surface area contributed by atoms with Gasteiger partial charge < -0.3 is 14.5 Å². The van der Waals surface area contributed by atoms with Gasteiger partial charge in [0.05, 0.1) is 12.3 Å². The van der Waals surface area contributed by atoms with Crippen LogP contribution in [0.4, 0.5) is 17.6 Å². The molecule has 0 aliphatic carbocycles. The second-order valence-corrected chi connectivity index (χ2v) is 5.74. The lowest BCUT2D eigenvalue weighted by Gasteiger charge is -2.34. The molecule has 0 unspecified atom stereocenters. The molecule has 3 rings (SSSR count). The highest BCUT2D eigenvalue weighted by Gasteiger charge is 2.44. The van der Waals surface area contributed by atoms with Gasteiger partial charge in [-0.2, -0.15) is 17.6 Å². The van der Waals surface area contributed by atoms with Crippen LogP contribution in [0.2, 0.25) is 0 Å². The molecular weight excluding hydrogens is 376 g/mol. The molecule has 2 aromatic rings. The first-order chi connectivity index (χ1) is 12.0. The SMILES string of the molecule is Cl.FC(F)C(F)(F)Oc1cccc([C@@H](c2ccco2)N2CCNCC2)c1. The predicted octanol–water partition coefficient (Wildman–Crippen LogP) is 3.93. The Kier molecular flexibility index (Phi) is 6.91. The van der Waals surface area contributed by atoms with Gasteiger partial charge in [-0.15, -0.1) is 12.4 Å². The summed E-state index contributed by atoms with van der Waals surface area (Å²) in [4.78, 5) is 2.14. The zero-order chi connectivity index (χ0) is 17.9. The van der Waals surface area contributed by atoms with E-state index in [1.165, 1.54) is 24.5 Å². The van der Waals surface area contributed by atoms with Crippen LogP contribution < -0.4 is 10.1 Å². The zero-order valence-electron chi connectivity index (χ0n) is 13.7. The normalized spacial score (nSPS) is 17.0. The molecule has 144 valence electrons. The largest absolute Gasteiger partial charge is 0.467 e. The monoisotopic (exact) mass is 394 g/mol. The molecule has 1 saturated heterocycles. The van der Waals surface area contributed by atoms with Crippen molar-refractivity contribution in [2.45, 2.75) is 18.6 Å². The van der Waals surface area contributed by atoms with Crippen LogP contribution in [-0.2, 0) is 0 Å². The molecule has 0 radical (unpaired) electrons. The highest BCUT2D eigenvalue weighted by Crippen LogP contribution is 2.33. The number of benzene rings is 1. The standard InChI is InChI=1S/C17H18F4N2O2.ClH/c18-16(19)17(20,21)25-13-4-1-3-12(11-13)15(14-5-2-10-24-14)23-8-6-22-7-9-23;/h1-5,10-11,15-16,22H,6-9H2;1H/t15-;/m0./s1. The number of hydrogen-bond donors (Lipinski definition) is 1. The molecule has 0 bridgehead atoms. The Balaban J connectivity index is 0.00000243. The van der Waals surface area contributed by atoms with Crippen LogP contribution in [0.5, 0.6) is 5.75 Å². The van der Waals surface area contributed by atoms with Crippen molar-refractivity contribution < 1.29 is 26.7 Å². The number of hydrogen-bond acceptors (Lipinski definition) is 4. The highest BCUT2D eigenvalue weighted by atomic mass is 35.5. The van der Waals surface area contributed by atoms with E-state index in [9.17, 15) is 17.6 Å². The van der Waals surface area contributed by atoms with Gasteiger partial charge >= 0.3 is 12.5 Å². The first kappa shape index (κ1) is 20.5. The lowest BCUT2D eigenvalue weighted by molar-refractivity contribution is -0.253. The van der Waals surface area contributed by atoms with Gasteiger partial charge in [0.25, 0.3) is 0 Å². The summed E-state index contributed by atoms with van der Waals surface area (Å²) in [6.45, 7) is 3.06. The van der Waals surface area contributed by atoms with Crippen molar-refractivity contribution in [1.29, 1.82) is 0 Å². The summed E-state index contributed by atoms with van der Waals surface area (Å²) in [5.74, 6) is 0.342. The minimum absolute atomic E-state index is 0. The van der Waals surface area contributed by atoms with Crippen LogP contribution in [0.3, 0.4) is 0 Å². The van der Waals surface area contributed by atoms with Crippen molar-refractivity contribution in [2.75, 3.05) is 26.2 Å². The molecule has 1 atom stereocenters. The van der Waals surface area contributed by atoms with E-state index in [1.54, 1.807) is 18.2 Å². The summed E-state index contributed by atoms with van der Waals surface area (Å²) < 4.78 is 60.8. The Bertz CT molecular complexity index is 679. The van der Waals surface area contributed by atoms with Crippen molar-refractivity contribution in [3.05, 3.63) is 54.0 Å². The Hall–Kier alpha value is -1.77. The van der Waals surface area contributed by atoms with E-state index in [4.69, 9.17) is 4.42 Å². The first-order valence-electron chi connectivity index (χ1n) is 7.90. The number of furan rings is 1. The number of halogens is 5. The Morgan fingerprint density at radius 3 is 2.46 bits per heavy atom. The maximum Gasteiger partial charge on any atom is 0.461 e. The molecule has 1 aromatic heterocycles. The summed E-state index contributed by atoms with van der Waals surface area (Å²) in [6.07, 6.45) is -6.89. The van der Waals surface area contributed by atoms with Crippen molar-refractivity contribution in [3.8, 4) is 5.75 Å². The van der Waals surface area contributed by atoms with E-state index in [2.05, 4.69) is 15.0 Å². The molecule has 0 spiro atoms. The number of rotatable bonds is 6. The van der Waals surface area contributed by atoms with Gasteiger partial charge in [0.2, 0.25) is 0 Å². The van der Waals surface area contributed by atoms with Crippen molar-refractivity contribution in [3.63, 3.8) is 0 Å². The molecule has 0 saturated carbocycles. The summed E-state index contributed by atoms with van der Waals surface area (Å²) in [5, 5.41) is 3.24. The van der Waals surface area contributed by atoms with Crippen LogP contribution in [0.15, 0.2) is 47.1 Å². The summed E-state index contributed by atoms with van der Waals surface area (Å²) >= 11 is 0. The molecule has 1 fully saturated rings. The van der Waals surface area contributed by atoms with E-state index < -0.39 is 12.5 Å². The summed E-state index contributed by atoms with van der Waals surface area (Å²) in [6, 6.07) is 9.07. The third-order valence-electron chi connectivity index (χ3n) is 4.01. The highest BCUT2D eigenvalue weighted by molar-refractivity contribution is 5.85. The van der Waals surface area contributed by atoms with E-state index >= 15 is 0 Å². The molecule has 0 amide bonds. The van der Waals surface area contributed by atoms with Crippen LogP contribution >= 0.6 is 12.4 Å². The molecule has 1 aromatic carbocycles. The fourth-order valence-corrected chi connectivity index (χ4v) is 2.89. The average Bonchev–Trinajstić information content (AvgIpc) is 3.10. The van der Waals surface area contributed by atoms with E-state index in [-0.39, 0.29) is 24.2 Å². The van der Waals surface area contributed by atoms with Crippen molar-refractivity contribution in [2.24, 2.45) is 0 Å². The smallest absolute Gasteiger partial charge is 0.461 e. The lowest BCUT2D eigenvalue weighted by Crippen LogP contribution is -2.45. The number of ether oxygens (including phenoxy) is 1. The Morgan fingerprint density at radius 1 is 1.12 bits per heavy atom. The maximum atomic E-state index is 13.2. The maximum absolute atomic E-state index is 13.2. The van der Waals surface area contributed by atoms with Crippen LogP contribution in [-0.4, -0.2) is 43.6 Å². The third-order valence-corrected chi connectivity index (χ3v) is 4.01. The van der Waals surface area contributed by atoms with Gasteiger partial charge in [-0.05, 0) is 29.8 Å². The lowest BCUT2D eigenvalue weighted by atomic mass is 10.0. The first-order valence-corrected chi connectivity index (χ1v) is 7.90. The second-order valence-electron chi connectivity index (χ2n) is 5.74. The van der Waals surface area contributed by atoms with Crippen molar-refractivity contribution >= 4 is 12.4 Å². The van der Waals surface area contributed by atoms with E-state index in [1.807, 2.05) is 0 Å². The van der Waals surface area contributed by atoms with Gasteiger partial charge in [-0.1, -0.05) is 12.1 Å². The van der Waals surface area contributed by atoms with E-state index in [0.717, 1.165) is 26.2 Å².